The quantitative estimate of drug-likeness (QED) is 0.580. The standard InChI is InChI=1S/C9H21NO4S2/c1-9(11,8-15-3)7-10-16(12,13)6-4-5-14-2/h10-11H,4-8H2,1-3H3. The summed E-state index contributed by atoms with van der Waals surface area (Å²) in [5.74, 6) is 0.518. The van der Waals surface area contributed by atoms with Crippen LogP contribution in [0.1, 0.15) is 13.3 Å². The predicted molar refractivity (Wildman–Crippen MR) is 67.3 cm³/mol. The van der Waals surface area contributed by atoms with Crippen LogP contribution in [0.4, 0.5) is 0 Å². The SMILES string of the molecule is COCCCS(=O)(=O)NCC(C)(O)CSC. The lowest BCUT2D eigenvalue weighted by Crippen LogP contribution is -2.43. The van der Waals surface area contributed by atoms with Crippen molar-refractivity contribution in [2.75, 3.05) is 38.0 Å². The van der Waals surface area contributed by atoms with E-state index in [2.05, 4.69) is 4.72 Å². The fourth-order valence-corrected chi connectivity index (χ4v) is 2.99. The average molecular weight is 271 g/mol. The number of ether oxygens (including phenoxy) is 1. The number of aliphatic hydroxyl groups is 1. The first kappa shape index (κ1) is 16.2. The van der Waals surface area contributed by atoms with E-state index in [1.165, 1.54) is 18.9 Å². The highest BCUT2D eigenvalue weighted by molar-refractivity contribution is 7.98. The molecular formula is C9H21NO4S2. The van der Waals surface area contributed by atoms with Crippen molar-refractivity contribution in [1.29, 1.82) is 0 Å². The van der Waals surface area contributed by atoms with Crippen molar-refractivity contribution in [3.05, 3.63) is 0 Å². The molecule has 1 unspecified atom stereocenters. The Bertz CT molecular complexity index is 277. The van der Waals surface area contributed by atoms with Gasteiger partial charge in [-0.1, -0.05) is 0 Å². The fraction of sp³-hybridized carbons (Fsp3) is 1.00. The van der Waals surface area contributed by atoms with Crippen LogP contribution < -0.4 is 4.72 Å². The molecule has 1 atom stereocenters. The molecule has 0 saturated heterocycles. The molecule has 2 N–H and O–H groups in total. The first-order valence-electron chi connectivity index (χ1n) is 5.00. The number of nitrogens with one attached hydrogen (secondary N) is 1. The van der Waals surface area contributed by atoms with Gasteiger partial charge in [-0.2, -0.15) is 11.8 Å². The Balaban J connectivity index is 3.98. The Kier molecular flexibility index (Phi) is 7.58. The fourth-order valence-electron chi connectivity index (χ4n) is 1.09. The Labute approximate surface area is 102 Å². The Morgan fingerprint density at radius 1 is 1.50 bits per heavy atom. The van der Waals surface area contributed by atoms with E-state index >= 15 is 0 Å². The lowest BCUT2D eigenvalue weighted by atomic mass is 10.1. The van der Waals surface area contributed by atoms with E-state index in [0.717, 1.165) is 0 Å². The highest BCUT2D eigenvalue weighted by atomic mass is 32.2. The van der Waals surface area contributed by atoms with E-state index in [9.17, 15) is 13.5 Å². The van der Waals surface area contributed by atoms with Gasteiger partial charge in [0.25, 0.3) is 0 Å². The summed E-state index contributed by atoms with van der Waals surface area (Å²) < 4.78 is 30.1. The molecule has 0 aromatic carbocycles. The van der Waals surface area contributed by atoms with Gasteiger partial charge >= 0.3 is 0 Å². The number of hydrogen-bond acceptors (Lipinski definition) is 5. The Morgan fingerprint density at radius 2 is 2.12 bits per heavy atom. The molecule has 0 rings (SSSR count). The number of sulfonamides is 1. The monoisotopic (exact) mass is 271 g/mol. The van der Waals surface area contributed by atoms with Gasteiger partial charge in [-0.05, 0) is 19.6 Å². The predicted octanol–water partition coefficient (Wildman–Crippen LogP) is 0.0563. The summed E-state index contributed by atoms with van der Waals surface area (Å²) in [6, 6.07) is 0. The van der Waals surface area contributed by atoms with Crippen molar-refractivity contribution in [3.63, 3.8) is 0 Å². The van der Waals surface area contributed by atoms with Gasteiger partial charge in [-0.15, -0.1) is 0 Å². The second kappa shape index (κ2) is 7.50. The van der Waals surface area contributed by atoms with Crippen LogP contribution in [0, 0.1) is 0 Å². The number of rotatable bonds is 9. The van der Waals surface area contributed by atoms with Crippen LogP contribution in [0.3, 0.4) is 0 Å². The molecule has 7 heteroatoms. The summed E-state index contributed by atoms with van der Waals surface area (Å²) in [5.41, 5.74) is -1.01. The van der Waals surface area contributed by atoms with Gasteiger partial charge in [0, 0.05) is 26.0 Å². The average Bonchev–Trinajstić information content (AvgIpc) is 2.16. The van der Waals surface area contributed by atoms with Crippen molar-refractivity contribution in [2.24, 2.45) is 0 Å². The number of methoxy groups -OCH3 is 1. The zero-order valence-corrected chi connectivity index (χ0v) is 11.7. The zero-order chi connectivity index (χ0) is 12.7. The van der Waals surface area contributed by atoms with Gasteiger partial charge in [0.05, 0.1) is 11.4 Å². The molecule has 0 fully saturated rings. The molecule has 0 amide bonds. The van der Waals surface area contributed by atoms with Crippen LogP contribution in [-0.4, -0.2) is 57.1 Å². The van der Waals surface area contributed by atoms with E-state index < -0.39 is 15.6 Å². The van der Waals surface area contributed by atoms with Gasteiger partial charge in [0.2, 0.25) is 10.0 Å². The van der Waals surface area contributed by atoms with Gasteiger partial charge in [-0.3, -0.25) is 0 Å². The summed E-state index contributed by atoms with van der Waals surface area (Å²) in [7, 11) is -1.77. The van der Waals surface area contributed by atoms with Crippen LogP contribution >= 0.6 is 11.8 Å². The molecular weight excluding hydrogens is 250 g/mol. The van der Waals surface area contributed by atoms with Gasteiger partial charge in [-0.25, -0.2) is 13.1 Å². The van der Waals surface area contributed by atoms with E-state index in [1.807, 2.05) is 6.26 Å². The third kappa shape index (κ3) is 8.35. The summed E-state index contributed by atoms with van der Waals surface area (Å²) in [4.78, 5) is 0. The zero-order valence-electron chi connectivity index (χ0n) is 10.0. The Hall–Kier alpha value is 0.180. The third-order valence-corrected chi connectivity index (χ3v) is 4.21. The lowest BCUT2D eigenvalue weighted by molar-refractivity contribution is 0.0908. The molecule has 16 heavy (non-hydrogen) atoms. The number of hydrogen-bond donors (Lipinski definition) is 2. The highest BCUT2D eigenvalue weighted by Crippen LogP contribution is 2.09. The minimum Gasteiger partial charge on any atom is -0.388 e. The van der Waals surface area contributed by atoms with Crippen molar-refractivity contribution in [3.8, 4) is 0 Å². The van der Waals surface area contributed by atoms with Crippen molar-refractivity contribution in [1.82, 2.24) is 4.72 Å². The maximum absolute atomic E-state index is 11.5. The summed E-state index contributed by atoms with van der Waals surface area (Å²) in [6.45, 7) is 2.08. The van der Waals surface area contributed by atoms with Crippen molar-refractivity contribution < 1.29 is 18.3 Å². The van der Waals surface area contributed by atoms with E-state index in [0.29, 0.717) is 18.8 Å². The van der Waals surface area contributed by atoms with E-state index in [-0.39, 0.29) is 12.3 Å². The molecule has 0 aromatic heterocycles. The first-order chi connectivity index (χ1) is 7.33. The van der Waals surface area contributed by atoms with Crippen molar-refractivity contribution in [2.45, 2.75) is 18.9 Å². The maximum atomic E-state index is 11.5. The largest absolute Gasteiger partial charge is 0.388 e. The molecule has 98 valence electrons. The van der Waals surface area contributed by atoms with E-state index in [1.54, 1.807) is 6.92 Å². The molecule has 0 aliphatic carbocycles. The van der Waals surface area contributed by atoms with Gasteiger partial charge in [0.15, 0.2) is 0 Å². The minimum absolute atomic E-state index is 0.0240. The first-order valence-corrected chi connectivity index (χ1v) is 8.05. The smallest absolute Gasteiger partial charge is 0.211 e. The minimum atomic E-state index is -3.30. The second-order valence-corrected chi connectivity index (χ2v) is 6.71. The van der Waals surface area contributed by atoms with Gasteiger partial charge < -0.3 is 9.84 Å². The second-order valence-electron chi connectivity index (χ2n) is 3.92. The van der Waals surface area contributed by atoms with Crippen LogP contribution in [0.25, 0.3) is 0 Å². The van der Waals surface area contributed by atoms with Crippen LogP contribution in [-0.2, 0) is 14.8 Å². The maximum Gasteiger partial charge on any atom is 0.211 e. The topological polar surface area (TPSA) is 75.6 Å². The molecule has 0 aliphatic heterocycles. The summed E-state index contributed by atoms with van der Waals surface area (Å²) >= 11 is 1.48. The molecule has 0 saturated carbocycles. The highest BCUT2D eigenvalue weighted by Gasteiger charge is 2.22. The third-order valence-electron chi connectivity index (χ3n) is 1.89. The Morgan fingerprint density at radius 3 is 2.62 bits per heavy atom. The molecule has 0 bridgehead atoms. The molecule has 0 radical (unpaired) electrons. The summed E-state index contributed by atoms with van der Waals surface area (Å²) in [6.07, 6.45) is 2.32. The van der Waals surface area contributed by atoms with Crippen LogP contribution in [0.15, 0.2) is 0 Å². The molecule has 0 aromatic rings. The lowest BCUT2D eigenvalue weighted by Gasteiger charge is -2.22. The van der Waals surface area contributed by atoms with E-state index in [4.69, 9.17) is 4.74 Å². The molecule has 5 nitrogen and oxygen atoms in total. The van der Waals surface area contributed by atoms with Crippen LogP contribution in [0.5, 0.6) is 0 Å². The summed E-state index contributed by atoms with van der Waals surface area (Å²) in [5, 5.41) is 9.78. The molecule has 0 aliphatic rings. The molecule has 0 spiro atoms. The van der Waals surface area contributed by atoms with Gasteiger partial charge in [0.1, 0.15) is 0 Å². The normalized spacial score (nSPS) is 16.0. The number of thioether (sulfide) groups is 1. The molecule has 0 heterocycles. The van der Waals surface area contributed by atoms with Crippen molar-refractivity contribution >= 4 is 21.8 Å². The van der Waals surface area contributed by atoms with Crippen LogP contribution in [0.2, 0.25) is 0 Å².